The van der Waals surface area contributed by atoms with Crippen LogP contribution in [0, 0.1) is 0 Å². The molecule has 20 heavy (non-hydrogen) atoms. The first kappa shape index (κ1) is 17.1. The molecule has 0 spiro atoms. The summed E-state index contributed by atoms with van der Waals surface area (Å²) in [5, 5.41) is 10.1. The van der Waals surface area contributed by atoms with Crippen molar-refractivity contribution in [1.82, 2.24) is 0 Å². The predicted octanol–water partition coefficient (Wildman–Crippen LogP) is 4.06. The number of hydrogen-bond acceptors (Lipinski definition) is 4. The van der Waals surface area contributed by atoms with Gasteiger partial charge in [0.15, 0.2) is 5.85 Å². The third kappa shape index (κ3) is 5.59. The Balaban J connectivity index is 2.85. The van der Waals surface area contributed by atoms with Crippen LogP contribution in [0.15, 0.2) is 36.4 Å². The predicted molar refractivity (Wildman–Crippen MR) is 81.5 cm³/mol. The zero-order chi connectivity index (χ0) is 15.2. The average molecular weight is 298 g/mol. The van der Waals surface area contributed by atoms with Gasteiger partial charge in [0.1, 0.15) is 0 Å². The molecule has 0 fully saturated rings. The van der Waals surface area contributed by atoms with E-state index in [0.717, 1.165) is 5.56 Å². The molecule has 0 bridgehead atoms. The van der Waals surface area contributed by atoms with Crippen LogP contribution in [0.2, 0.25) is 0 Å². The fourth-order valence-electron chi connectivity index (χ4n) is 1.60. The van der Waals surface area contributed by atoms with Gasteiger partial charge in [0.25, 0.3) is 0 Å². The van der Waals surface area contributed by atoms with Crippen molar-refractivity contribution in [1.29, 1.82) is 0 Å². The van der Waals surface area contributed by atoms with Gasteiger partial charge < -0.3 is 14.2 Å². The Morgan fingerprint density at radius 3 is 2.00 bits per heavy atom. The van der Waals surface area contributed by atoms with E-state index < -0.39 is 13.4 Å². The van der Waals surface area contributed by atoms with Crippen LogP contribution in [-0.4, -0.2) is 23.2 Å². The molecule has 4 nitrogen and oxygen atoms in total. The van der Waals surface area contributed by atoms with Gasteiger partial charge in [0.2, 0.25) is 0 Å². The lowest BCUT2D eigenvalue weighted by Crippen LogP contribution is -2.16. The Hall–Kier alpha value is -0.930. The first-order valence-corrected chi connectivity index (χ1v) is 8.32. The quantitative estimate of drug-likeness (QED) is 0.771. The smallest absolute Gasteiger partial charge is 0.363 e. The van der Waals surface area contributed by atoms with Crippen molar-refractivity contribution >= 4 is 13.7 Å². The lowest BCUT2D eigenvalue weighted by atomic mass is 10.2. The van der Waals surface area contributed by atoms with Crippen LogP contribution in [-0.2, 0) is 13.6 Å². The van der Waals surface area contributed by atoms with Gasteiger partial charge in [-0.05, 0) is 39.3 Å². The van der Waals surface area contributed by atoms with Crippen molar-refractivity contribution in [2.75, 3.05) is 0 Å². The highest BCUT2D eigenvalue weighted by molar-refractivity contribution is 7.54. The monoisotopic (exact) mass is 298 g/mol. The molecule has 0 aliphatic heterocycles. The van der Waals surface area contributed by atoms with E-state index in [0.29, 0.717) is 0 Å². The van der Waals surface area contributed by atoms with Crippen LogP contribution in [0.4, 0.5) is 0 Å². The van der Waals surface area contributed by atoms with Gasteiger partial charge in [-0.2, -0.15) is 0 Å². The Morgan fingerprint density at radius 2 is 1.55 bits per heavy atom. The molecular weight excluding hydrogens is 275 g/mol. The number of benzene rings is 1. The summed E-state index contributed by atoms with van der Waals surface area (Å²) >= 11 is 0. The van der Waals surface area contributed by atoms with Crippen LogP contribution in [0.25, 0.3) is 6.08 Å². The minimum atomic E-state index is -3.59. The summed E-state index contributed by atoms with van der Waals surface area (Å²) in [6, 6.07) is 9.46. The molecule has 0 radical (unpaired) electrons. The summed E-state index contributed by atoms with van der Waals surface area (Å²) in [4.78, 5) is 0. The van der Waals surface area contributed by atoms with Crippen LogP contribution < -0.4 is 0 Å². The lowest BCUT2D eigenvalue weighted by Gasteiger charge is -2.25. The molecule has 1 atom stereocenters. The van der Waals surface area contributed by atoms with E-state index in [4.69, 9.17) is 9.05 Å². The highest BCUT2D eigenvalue weighted by Gasteiger charge is 2.35. The molecule has 5 heteroatoms. The Bertz CT molecular complexity index is 454. The summed E-state index contributed by atoms with van der Waals surface area (Å²) in [6.07, 6.45) is 2.56. The molecule has 0 aliphatic rings. The number of hydrogen-bond donors (Lipinski definition) is 1. The van der Waals surface area contributed by atoms with E-state index in [-0.39, 0.29) is 12.2 Å². The summed E-state index contributed by atoms with van der Waals surface area (Å²) in [7, 11) is -3.59. The van der Waals surface area contributed by atoms with E-state index in [1.807, 2.05) is 30.3 Å². The summed E-state index contributed by atoms with van der Waals surface area (Å²) in [5.41, 5.74) is 0.909. The van der Waals surface area contributed by atoms with Crippen molar-refractivity contribution < 1.29 is 18.7 Å². The van der Waals surface area contributed by atoms with Crippen molar-refractivity contribution in [3.05, 3.63) is 42.0 Å². The average Bonchev–Trinajstić information content (AvgIpc) is 2.35. The van der Waals surface area contributed by atoms with Gasteiger partial charge in [-0.25, -0.2) is 0 Å². The second-order valence-electron chi connectivity index (χ2n) is 5.03. The molecule has 0 heterocycles. The van der Waals surface area contributed by atoms with Crippen molar-refractivity contribution in [2.45, 2.75) is 45.7 Å². The third-order valence-electron chi connectivity index (χ3n) is 2.30. The Labute approximate surface area is 121 Å². The standard InChI is InChI=1S/C15H23O4P/c1-12(2)18-20(17,19-13(3)4)15(16)11-10-14-8-6-5-7-9-14/h5-13,15-16H,1-4H3/b11-10+. The van der Waals surface area contributed by atoms with Gasteiger partial charge in [0.05, 0.1) is 12.2 Å². The largest absolute Gasteiger partial charge is 0.377 e. The molecule has 0 aliphatic carbocycles. The zero-order valence-corrected chi connectivity index (χ0v) is 13.3. The molecule has 0 aromatic heterocycles. The van der Waals surface area contributed by atoms with Crippen molar-refractivity contribution in [3.63, 3.8) is 0 Å². The van der Waals surface area contributed by atoms with Gasteiger partial charge in [-0.3, -0.25) is 4.57 Å². The van der Waals surface area contributed by atoms with Gasteiger partial charge in [0, 0.05) is 0 Å². The van der Waals surface area contributed by atoms with E-state index in [1.54, 1.807) is 33.8 Å². The lowest BCUT2D eigenvalue weighted by molar-refractivity contribution is 0.113. The summed E-state index contributed by atoms with van der Waals surface area (Å²) < 4.78 is 23.3. The highest BCUT2D eigenvalue weighted by atomic mass is 31.2. The molecular formula is C15H23O4P. The second-order valence-corrected chi connectivity index (χ2v) is 7.06. The number of rotatable bonds is 7. The molecule has 1 rings (SSSR count). The van der Waals surface area contributed by atoms with Crippen molar-refractivity contribution in [3.8, 4) is 0 Å². The minimum Gasteiger partial charge on any atom is -0.377 e. The zero-order valence-electron chi connectivity index (χ0n) is 12.4. The van der Waals surface area contributed by atoms with E-state index in [2.05, 4.69) is 0 Å². The molecule has 1 unspecified atom stereocenters. The fraction of sp³-hybridized carbons (Fsp3) is 0.467. The second kappa shape index (κ2) is 7.75. The first-order chi connectivity index (χ1) is 9.33. The topological polar surface area (TPSA) is 55.8 Å². The Kier molecular flexibility index (Phi) is 6.63. The van der Waals surface area contributed by atoms with Crippen molar-refractivity contribution in [2.24, 2.45) is 0 Å². The molecule has 1 N–H and O–H groups in total. The normalized spacial score (nSPS) is 14.3. The summed E-state index contributed by atoms with van der Waals surface area (Å²) in [6.45, 7) is 7.02. The van der Waals surface area contributed by atoms with E-state index >= 15 is 0 Å². The van der Waals surface area contributed by atoms with Gasteiger partial charge >= 0.3 is 7.60 Å². The molecule has 0 saturated heterocycles. The van der Waals surface area contributed by atoms with Gasteiger partial charge in [-0.15, -0.1) is 0 Å². The fourth-order valence-corrected chi connectivity index (χ4v) is 3.38. The van der Waals surface area contributed by atoms with Gasteiger partial charge in [-0.1, -0.05) is 36.4 Å². The summed E-state index contributed by atoms with van der Waals surface area (Å²) in [5.74, 6) is -1.28. The third-order valence-corrected chi connectivity index (χ3v) is 4.55. The van der Waals surface area contributed by atoms with Crippen LogP contribution in [0.1, 0.15) is 33.3 Å². The molecule has 0 amide bonds. The number of aliphatic hydroxyl groups is 1. The molecule has 0 saturated carbocycles. The van der Waals surface area contributed by atoms with Crippen LogP contribution >= 0.6 is 7.60 Å². The number of aliphatic hydroxyl groups excluding tert-OH is 1. The molecule has 1 aromatic carbocycles. The SMILES string of the molecule is CC(C)OP(=O)(OC(C)C)C(O)/C=C/c1ccccc1. The maximum absolute atomic E-state index is 12.6. The maximum Gasteiger partial charge on any atom is 0.363 e. The molecule has 112 valence electrons. The van der Waals surface area contributed by atoms with E-state index in [1.165, 1.54) is 6.08 Å². The van der Waals surface area contributed by atoms with Crippen LogP contribution in [0.3, 0.4) is 0 Å². The maximum atomic E-state index is 12.6. The minimum absolute atomic E-state index is 0.292. The van der Waals surface area contributed by atoms with E-state index in [9.17, 15) is 9.67 Å². The first-order valence-electron chi connectivity index (χ1n) is 6.71. The van der Waals surface area contributed by atoms with Crippen LogP contribution in [0.5, 0.6) is 0 Å². The Morgan fingerprint density at radius 1 is 1.05 bits per heavy atom. The highest BCUT2D eigenvalue weighted by Crippen LogP contribution is 2.54. The molecule has 1 aromatic rings.